The number of benzene rings is 1. The molecule has 0 spiro atoms. The van der Waals surface area contributed by atoms with Crippen LogP contribution in [0, 0.1) is 0 Å². The zero-order valence-corrected chi connectivity index (χ0v) is 14.9. The molecule has 3 unspecified atom stereocenters. The largest absolute Gasteiger partial charge is 0.508 e. The Bertz CT molecular complexity index is 745. The van der Waals surface area contributed by atoms with Crippen LogP contribution in [0.25, 0.3) is 0 Å². The normalized spacial score (nSPS) is 28.0. The summed E-state index contributed by atoms with van der Waals surface area (Å²) in [6.45, 7) is 7.81. The zero-order valence-electron chi connectivity index (χ0n) is 14.9. The van der Waals surface area contributed by atoms with Crippen LogP contribution in [0.3, 0.4) is 0 Å². The first-order valence-electron chi connectivity index (χ1n) is 8.83. The number of ether oxygens (including phenoxy) is 1. The van der Waals surface area contributed by atoms with Gasteiger partial charge in [0.05, 0.1) is 18.3 Å². The van der Waals surface area contributed by atoms with E-state index in [9.17, 15) is 10.2 Å². The Morgan fingerprint density at radius 2 is 2.08 bits per heavy atom. The molecule has 1 aromatic carbocycles. The first-order valence-corrected chi connectivity index (χ1v) is 8.83. The average molecular weight is 338 g/mol. The van der Waals surface area contributed by atoms with E-state index in [2.05, 4.69) is 25.7 Å². The van der Waals surface area contributed by atoms with E-state index in [1.807, 2.05) is 25.1 Å². The number of hydrogen-bond donors (Lipinski definition) is 2. The molecule has 25 heavy (non-hydrogen) atoms. The number of aliphatic hydroxyl groups excluding tert-OH is 1. The lowest BCUT2D eigenvalue weighted by atomic mass is 9.93. The molecule has 1 saturated heterocycles. The Kier molecular flexibility index (Phi) is 5.26. The summed E-state index contributed by atoms with van der Waals surface area (Å²) in [6, 6.07) is 5.68. The van der Waals surface area contributed by atoms with Crippen molar-refractivity contribution in [2.45, 2.75) is 51.4 Å². The molecule has 1 heterocycles. The molecule has 3 heteroatoms. The van der Waals surface area contributed by atoms with E-state index < -0.39 is 0 Å². The molecule has 2 N–H and O–H groups in total. The third-order valence-electron chi connectivity index (χ3n) is 4.83. The molecule has 0 bridgehead atoms. The molecule has 0 amide bonds. The highest BCUT2D eigenvalue weighted by molar-refractivity contribution is 5.54. The topological polar surface area (TPSA) is 49.7 Å². The Balaban J connectivity index is 1.82. The zero-order chi connectivity index (χ0) is 18.0. The van der Waals surface area contributed by atoms with E-state index in [0.29, 0.717) is 12.8 Å². The van der Waals surface area contributed by atoms with Crippen molar-refractivity contribution in [1.29, 1.82) is 0 Å². The molecular formula is C22H26O3. The summed E-state index contributed by atoms with van der Waals surface area (Å²) >= 11 is 0. The van der Waals surface area contributed by atoms with Gasteiger partial charge in [-0.15, -0.1) is 0 Å². The maximum Gasteiger partial charge on any atom is 0.121 e. The molecule has 1 aliphatic carbocycles. The summed E-state index contributed by atoms with van der Waals surface area (Å²) in [4.78, 5) is 0. The predicted molar refractivity (Wildman–Crippen MR) is 100 cm³/mol. The van der Waals surface area contributed by atoms with Gasteiger partial charge in [0, 0.05) is 12.0 Å². The van der Waals surface area contributed by atoms with E-state index in [1.165, 1.54) is 16.7 Å². The van der Waals surface area contributed by atoms with E-state index >= 15 is 0 Å². The monoisotopic (exact) mass is 338 g/mol. The Morgan fingerprint density at radius 3 is 2.80 bits per heavy atom. The lowest BCUT2D eigenvalue weighted by molar-refractivity contribution is -0.0901. The molecule has 132 valence electrons. The molecular weight excluding hydrogens is 312 g/mol. The molecule has 3 rings (SSSR count). The van der Waals surface area contributed by atoms with Crippen LogP contribution in [-0.2, 0) is 11.2 Å². The third kappa shape index (κ3) is 4.12. The molecule has 3 atom stereocenters. The molecule has 2 aliphatic rings. The SMILES string of the molecule is C=CC=C1C=C(Cc2ccc(O)c(C3CC(O)CC(C)O3)c2)C=C1C. The van der Waals surface area contributed by atoms with Crippen LogP contribution in [0.4, 0.5) is 0 Å². The lowest BCUT2D eigenvalue weighted by Crippen LogP contribution is -2.29. The maximum absolute atomic E-state index is 10.3. The molecule has 1 aromatic rings. The number of aromatic hydroxyl groups is 1. The van der Waals surface area contributed by atoms with Crippen LogP contribution in [-0.4, -0.2) is 22.4 Å². The fourth-order valence-electron chi connectivity index (χ4n) is 3.65. The number of phenolic OH excluding ortho intramolecular Hbond substituents is 1. The second kappa shape index (κ2) is 7.42. The van der Waals surface area contributed by atoms with Crippen molar-refractivity contribution in [2.75, 3.05) is 0 Å². The van der Waals surface area contributed by atoms with Crippen LogP contribution < -0.4 is 0 Å². The third-order valence-corrected chi connectivity index (χ3v) is 4.83. The Morgan fingerprint density at radius 1 is 1.28 bits per heavy atom. The van der Waals surface area contributed by atoms with Gasteiger partial charge in [0.15, 0.2) is 0 Å². The minimum atomic E-state index is -0.383. The molecule has 3 nitrogen and oxygen atoms in total. The summed E-state index contributed by atoms with van der Waals surface area (Å²) < 4.78 is 5.95. The van der Waals surface area contributed by atoms with Crippen molar-refractivity contribution >= 4 is 0 Å². The first-order chi connectivity index (χ1) is 12.0. The number of allylic oxidation sites excluding steroid dienone is 7. The number of phenols is 1. The Hall–Kier alpha value is -2.10. The van der Waals surface area contributed by atoms with Crippen molar-refractivity contribution < 1.29 is 14.9 Å². The first kappa shape index (κ1) is 17.7. The Labute approximate surface area is 149 Å². The van der Waals surface area contributed by atoms with Gasteiger partial charge < -0.3 is 14.9 Å². The second-order valence-corrected chi connectivity index (χ2v) is 7.03. The van der Waals surface area contributed by atoms with Crippen LogP contribution in [0.2, 0.25) is 0 Å². The number of hydrogen-bond acceptors (Lipinski definition) is 3. The minimum absolute atomic E-state index is 0.00784. The van der Waals surface area contributed by atoms with Crippen LogP contribution >= 0.6 is 0 Å². The summed E-state index contributed by atoms with van der Waals surface area (Å²) in [5.74, 6) is 0.231. The highest BCUT2D eigenvalue weighted by Crippen LogP contribution is 2.37. The molecule has 1 fully saturated rings. The van der Waals surface area contributed by atoms with Crippen molar-refractivity contribution in [3.8, 4) is 5.75 Å². The van der Waals surface area contributed by atoms with Crippen LogP contribution in [0.15, 0.2) is 65.8 Å². The molecule has 0 radical (unpaired) electrons. The maximum atomic E-state index is 10.3. The van der Waals surface area contributed by atoms with E-state index in [-0.39, 0.29) is 24.1 Å². The fourth-order valence-corrected chi connectivity index (χ4v) is 3.65. The van der Waals surface area contributed by atoms with Crippen molar-refractivity contribution in [2.24, 2.45) is 0 Å². The standard InChI is InChI=1S/C22H26O3/c1-4-5-18-11-17(8-14(18)2)10-16-6-7-21(24)20(12-16)22-13-19(23)9-15(3)25-22/h4-8,11-12,15,19,22-24H,1,9-10,13H2,2-3H3. The summed E-state index contributed by atoms with van der Waals surface area (Å²) in [5, 5.41) is 20.3. The molecule has 1 aliphatic heterocycles. The van der Waals surface area contributed by atoms with E-state index in [1.54, 1.807) is 12.1 Å². The summed E-state index contributed by atoms with van der Waals surface area (Å²) in [6.07, 6.45) is 9.49. The van der Waals surface area contributed by atoms with Gasteiger partial charge in [0.2, 0.25) is 0 Å². The van der Waals surface area contributed by atoms with Crippen LogP contribution in [0.5, 0.6) is 5.75 Å². The van der Waals surface area contributed by atoms with Gasteiger partial charge in [0.25, 0.3) is 0 Å². The van der Waals surface area contributed by atoms with Gasteiger partial charge in [-0.25, -0.2) is 0 Å². The quantitative estimate of drug-likeness (QED) is 0.848. The van der Waals surface area contributed by atoms with Gasteiger partial charge in [0.1, 0.15) is 5.75 Å². The van der Waals surface area contributed by atoms with E-state index in [0.717, 1.165) is 17.5 Å². The average Bonchev–Trinajstić information content (AvgIpc) is 2.88. The highest BCUT2D eigenvalue weighted by Gasteiger charge is 2.28. The summed E-state index contributed by atoms with van der Waals surface area (Å²) in [5.41, 5.74) is 5.56. The van der Waals surface area contributed by atoms with Gasteiger partial charge in [-0.1, -0.05) is 36.9 Å². The smallest absolute Gasteiger partial charge is 0.121 e. The lowest BCUT2D eigenvalue weighted by Gasteiger charge is -2.32. The van der Waals surface area contributed by atoms with Gasteiger partial charge in [-0.3, -0.25) is 0 Å². The fraction of sp³-hybridized carbons (Fsp3) is 0.364. The second-order valence-electron chi connectivity index (χ2n) is 7.03. The number of rotatable bonds is 4. The predicted octanol–water partition coefficient (Wildman–Crippen LogP) is 4.53. The van der Waals surface area contributed by atoms with Crippen molar-refractivity contribution in [1.82, 2.24) is 0 Å². The summed E-state index contributed by atoms with van der Waals surface area (Å²) in [7, 11) is 0. The van der Waals surface area contributed by atoms with Crippen molar-refractivity contribution in [3.63, 3.8) is 0 Å². The van der Waals surface area contributed by atoms with Gasteiger partial charge in [-0.05, 0) is 61.1 Å². The molecule has 0 saturated carbocycles. The highest BCUT2D eigenvalue weighted by atomic mass is 16.5. The van der Waals surface area contributed by atoms with E-state index in [4.69, 9.17) is 4.74 Å². The van der Waals surface area contributed by atoms with Crippen LogP contribution in [0.1, 0.15) is 43.9 Å². The van der Waals surface area contributed by atoms with Crippen molar-refractivity contribution in [3.05, 3.63) is 76.9 Å². The van der Waals surface area contributed by atoms with Gasteiger partial charge in [-0.2, -0.15) is 0 Å². The van der Waals surface area contributed by atoms with Gasteiger partial charge >= 0.3 is 0 Å². The minimum Gasteiger partial charge on any atom is -0.508 e. The number of aliphatic hydroxyl groups is 1. The molecule has 0 aromatic heterocycles.